The molecule has 0 aliphatic rings. The smallest absolute Gasteiger partial charge is 0.328 e. The number of aliphatic hydroxyl groups is 1. The molecule has 3 unspecified atom stereocenters. The summed E-state index contributed by atoms with van der Waals surface area (Å²) in [5, 5.41) is 25.3. The average molecular weight is 436 g/mol. The fraction of sp³-hybridized carbons (Fsp3) is 0.412. The molecule has 168 valence electrons. The number of aliphatic carboxylic acids is 1. The summed E-state index contributed by atoms with van der Waals surface area (Å²) in [7, 11) is 0. The van der Waals surface area contributed by atoms with Crippen molar-refractivity contribution in [1.29, 1.82) is 0 Å². The van der Waals surface area contributed by atoms with E-state index in [1.54, 1.807) is 0 Å². The summed E-state index contributed by atoms with van der Waals surface area (Å²) in [5.41, 5.74) is 6.36. The van der Waals surface area contributed by atoms with E-state index in [4.69, 9.17) is 15.9 Å². The quantitative estimate of drug-likeness (QED) is 0.164. The molecular weight excluding hydrogens is 412 g/mol. The third-order valence-electron chi connectivity index (χ3n) is 4.23. The van der Waals surface area contributed by atoms with Gasteiger partial charge < -0.3 is 41.9 Å². The second-order valence-corrected chi connectivity index (χ2v) is 6.53. The van der Waals surface area contributed by atoms with Crippen molar-refractivity contribution < 1.29 is 29.4 Å². The number of carbonyl (C=O) groups excluding carboxylic acids is 3. The number of aromatic amines is 2. The zero-order valence-corrected chi connectivity index (χ0v) is 16.4. The Balaban J connectivity index is 2.18. The molecule has 0 saturated heterocycles. The fourth-order valence-corrected chi connectivity index (χ4v) is 2.63. The SMILES string of the molecule is NCC(=O)NC(Cc1cnc[nH]1)C(=O)NC(Cc1cnc[nH]1)C(=O)NC(CO)C(=O)O. The molecule has 14 nitrogen and oxygen atoms in total. The predicted octanol–water partition coefficient (Wildman–Crippen LogP) is -3.59. The van der Waals surface area contributed by atoms with Gasteiger partial charge in [-0.15, -0.1) is 0 Å². The van der Waals surface area contributed by atoms with E-state index in [0.29, 0.717) is 11.4 Å². The van der Waals surface area contributed by atoms with Crippen molar-refractivity contribution in [3.05, 3.63) is 36.4 Å². The number of carbonyl (C=O) groups is 4. The number of rotatable bonds is 12. The number of amides is 3. The Hall–Kier alpha value is -3.78. The molecule has 0 radical (unpaired) electrons. The second kappa shape index (κ2) is 11.4. The van der Waals surface area contributed by atoms with Gasteiger partial charge in [0.05, 0.1) is 25.8 Å². The largest absolute Gasteiger partial charge is 0.480 e. The van der Waals surface area contributed by atoms with E-state index in [-0.39, 0.29) is 19.4 Å². The number of hydrogen-bond acceptors (Lipinski definition) is 8. The summed E-state index contributed by atoms with van der Waals surface area (Å²) < 4.78 is 0. The zero-order valence-electron chi connectivity index (χ0n) is 16.4. The molecule has 0 fully saturated rings. The fourth-order valence-electron chi connectivity index (χ4n) is 2.63. The first-order valence-electron chi connectivity index (χ1n) is 9.22. The van der Waals surface area contributed by atoms with E-state index in [2.05, 4.69) is 35.9 Å². The topological polar surface area (TPSA) is 228 Å². The summed E-state index contributed by atoms with van der Waals surface area (Å²) in [6.45, 7) is -1.18. The Kier molecular flexibility index (Phi) is 8.65. The van der Waals surface area contributed by atoms with Crippen LogP contribution in [-0.4, -0.2) is 85.1 Å². The molecule has 0 aliphatic carbocycles. The average Bonchev–Trinajstić information content (AvgIpc) is 3.44. The van der Waals surface area contributed by atoms with Gasteiger partial charge in [-0.3, -0.25) is 14.4 Å². The lowest BCUT2D eigenvalue weighted by Crippen LogP contribution is -2.57. The Labute approximate surface area is 176 Å². The molecule has 0 aliphatic heterocycles. The predicted molar refractivity (Wildman–Crippen MR) is 104 cm³/mol. The summed E-state index contributed by atoms with van der Waals surface area (Å²) in [6.07, 6.45) is 5.70. The maximum Gasteiger partial charge on any atom is 0.328 e. The molecular formula is C17H24N8O6. The third-order valence-corrected chi connectivity index (χ3v) is 4.23. The number of carboxylic acids is 1. The number of nitrogens with two attached hydrogens (primary N) is 1. The van der Waals surface area contributed by atoms with Gasteiger partial charge in [0.1, 0.15) is 18.1 Å². The Morgan fingerprint density at radius 1 is 0.903 bits per heavy atom. The van der Waals surface area contributed by atoms with Crippen molar-refractivity contribution in [2.45, 2.75) is 31.0 Å². The molecule has 14 heteroatoms. The van der Waals surface area contributed by atoms with Gasteiger partial charge in [-0.1, -0.05) is 0 Å². The van der Waals surface area contributed by atoms with E-state index in [9.17, 15) is 19.2 Å². The van der Waals surface area contributed by atoms with Gasteiger partial charge in [-0.25, -0.2) is 14.8 Å². The molecule has 2 aromatic heterocycles. The molecule has 9 N–H and O–H groups in total. The van der Waals surface area contributed by atoms with Gasteiger partial charge in [0, 0.05) is 36.6 Å². The minimum absolute atomic E-state index is 0.0447. The second-order valence-electron chi connectivity index (χ2n) is 6.53. The molecule has 3 atom stereocenters. The van der Waals surface area contributed by atoms with Crippen LogP contribution in [0.4, 0.5) is 0 Å². The minimum Gasteiger partial charge on any atom is -0.480 e. The number of aliphatic hydroxyl groups excluding tert-OH is 1. The lowest BCUT2D eigenvalue weighted by molar-refractivity contribution is -0.143. The van der Waals surface area contributed by atoms with Gasteiger partial charge in [0.25, 0.3) is 0 Å². The van der Waals surface area contributed by atoms with Crippen LogP contribution in [0.3, 0.4) is 0 Å². The van der Waals surface area contributed by atoms with Crippen LogP contribution in [-0.2, 0) is 32.0 Å². The van der Waals surface area contributed by atoms with Crippen molar-refractivity contribution in [3.8, 4) is 0 Å². The summed E-state index contributed by atoms with van der Waals surface area (Å²) in [4.78, 5) is 61.7. The van der Waals surface area contributed by atoms with Crippen molar-refractivity contribution in [3.63, 3.8) is 0 Å². The highest BCUT2D eigenvalue weighted by molar-refractivity contribution is 5.93. The molecule has 3 amide bonds. The number of aromatic nitrogens is 4. The standard InChI is InChI=1S/C17H24N8O6/c18-3-14(27)23-11(1-9-4-19-7-21-9)15(28)24-12(2-10-5-20-8-22-10)16(29)25-13(6-26)17(30)31/h4-5,7-8,11-13,26H,1-3,6,18H2,(H,19,21)(H,20,22)(H,23,27)(H,24,28)(H,25,29)(H,30,31). The first-order valence-corrected chi connectivity index (χ1v) is 9.22. The first kappa shape index (κ1) is 23.5. The summed E-state index contributed by atoms with van der Waals surface area (Å²) >= 11 is 0. The summed E-state index contributed by atoms with van der Waals surface area (Å²) in [6, 6.07) is -3.85. The van der Waals surface area contributed by atoms with Crippen LogP contribution in [0.25, 0.3) is 0 Å². The van der Waals surface area contributed by atoms with E-state index < -0.39 is 48.4 Å². The summed E-state index contributed by atoms with van der Waals surface area (Å²) in [5.74, 6) is -3.56. The number of nitrogens with one attached hydrogen (secondary N) is 5. The number of H-pyrrole nitrogens is 2. The van der Waals surface area contributed by atoms with Crippen LogP contribution in [0.2, 0.25) is 0 Å². The van der Waals surface area contributed by atoms with E-state index in [1.807, 2.05) is 0 Å². The van der Waals surface area contributed by atoms with Crippen LogP contribution in [0.1, 0.15) is 11.4 Å². The van der Waals surface area contributed by atoms with Gasteiger partial charge in [-0.05, 0) is 0 Å². The normalized spacial score (nSPS) is 13.6. The number of nitrogens with zero attached hydrogens (tertiary/aromatic N) is 2. The molecule has 0 spiro atoms. The molecule has 2 rings (SSSR count). The van der Waals surface area contributed by atoms with Crippen LogP contribution < -0.4 is 21.7 Å². The van der Waals surface area contributed by atoms with Crippen molar-refractivity contribution in [2.75, 3.05) is 13.2 Å². The molecule has 31 heavy (non-hydrogen) atoms. The molecule has 2 heterocycles. The Morgan fingerprint density at radius 2 is 1.39 bits per heavy atom. The highest BCUT2D eigenvalue weighted by Crippen LogP contribution is 2.04. The lowest BCUT2D eigenvalue weighted by Gasteiger charge is -2.23. The van der Waals surface area contributed by atoms with Crippen LogP contribution in [0, 0.1) is 0 Å². The Morgan fingerprint density at radius 3 is 1.77 bits per heavy atom. The van der Waals surface area contributed by atoms with Gasteiger partial charge in [0.15, 0.2) is 0 Å². The third kappa shape index (κ3) is 7.20. The first-order chi connectivity index (χ1) is 14.8. The highest BCUT2D eigenvalue weighted by atomic mass is 16.4. The molecule has 0 bridgehead atoms. The number of hydrogen-bond donors (Lipinski definition) is 8. The number of imidazole rings is 2. The van der Waals surface area contributed by atoms with Gasteiger partial charge >= 0.3 is 5.97 Å². The van der Waals surface area contributed by atoms with E-state index >= 15 is 0 Å². The van der Waals surface area contributed by atoms with E-state index in [0.717, 1.165) is 0 Å². The molecule has 0 aromatic carbocycles. The van der Waals surface area contributed by atoms with Gasteiger partial charge in [0.2, 0.25) is 17.7 Å². The maximum atomic E-state index is 12.9. The number of carboxylic acid groups (broad SMARTS) is 1. The van der Waals surface area contributed by atoms with Crippen LogP contribution in [0.15, 0.2) is 25.0 Å². The van der Waals surface area contributed by atoms with Gasteiger partial charge in [-0.2, -0.15) is 0 Å². The maximum absolute atomic E-state index is 12.9. The monoisotopic (exact) mass is 436 g/mol. The van der Waals surface area contributed by atoms with Crippen molar-refractivity contribution >= 4 is 23.7 Å². The van der Waals surface area contributed by atoms with Crippen molar-refractivity contribution in [2.24, 2.45) is 5.73 Å². The molecule has 2 aromatic rings. The molecule has 0 saturated carbocycles. The lowest BCUT2D eigenvalue weighted by atomic mass is 10.1. The van der Waals surface area contributed by atoms with E-state index in [1.165, 1.54) is 25.0 Å². The Bertz CT molecular complexity index is 869. The van der Waals surface area contributed by atoms with Crippen LogP contribution >= 0.6 is 0 Å². The zero-order chi connectivity index (χ0) is 22.8. The highest BCUT2D eigenvalue weighted by Gasteiger charge is 2.30. The van der Waals surface area contributed by atoms with Crippen LogP contribution in [0.5, 0.6) is 0 Å². The van der Waals surface area contributed by atoms with Crippen molar-refractivity contribution in [1.82, 2.24) is 35.9 Å². The minimum atomic E-state index is -1.55.